The SMILES string of the molecule is C[C@@H](NC(=O)Cn1cnc2ccccc2c1=O)c1ccc(Cl)cc1Cl. The van der Waals surface area contributed by atoms with Crippen molar-refractivity contribution in [2.24, 2.45) is 0 Å². The summed E-state index contributed by atoms with van der Waals surface area (Å²) >= 11 is 12.0. The van der Waals surface area contributed by atoms with Gasteiger partial charge in [-0.1, -0.05) is 41.4 Å². The van der Waals surface area contributed by atoms with Crippen LogP contribution < -0.4 is 10.9 Å². The summed E-state index contributed by atoms with van der Waals surface area (Å²) in [5.74, 6) is -0.308. The van der Waals surface area contributed by atoms with Crippen molar-refractivity contribution in [3.63, 3.8) is 0 Å². The van der Waals surface area contributed by atoms with E-state index in [9.17, 15) is 9.59 Å². The van der Waals surface area contributed by atoms with E-state index < -0.39 is 0 Å². The van der Waals surface area contributed by atoms with Crippen LogP contribution in [0.1, 0.15) is 18.5 Å². The number of nitrogens with zero attached hydrogens (tertiary/aromatic N) is 2. The van der Waals surface area contributed by atoms with E-state index in [1.807, 2.05) is 13.0 Å². The summed E-state index contributed by atoms with van der Waals surface area (Å²) in [5.41, 5.74) is 1.10. The van der Waals surface area contributed by atoms with Crippen LogP contribution in [-0.4, -0.2) is 15.5 Å². The molecule has 0 unspecified atom stereocenters. The van der Waals surface area contributed by atoms with Crippen molar-refractivity contribution in [2.75, 3.05) is 0 Å². The van der Waals surface area contributed by atoms with Gasteiger partial charge in [-0.3, -0.25) is 14.2 Å². The summed E-state index contributed by atoms with van der Waals surface area (Å²) in [5, 5.41) is 4.31. The van der Waals surface area contributed by atoms with E-state index in [1.54, 1.807) is 36.4 Å². The van der Waals surface area contributed by atoms with Crippen LogP contribution in [0.5, 0.6) is 0 Å². The molecule has 0 saturated carbocycles. The first-order chi connectivity index (χ1) is 12.0. The Hall–Kier alpha value is -2.37. The third-order valence-electron chi connectivity index (χ3n) is 3.85. The lowest BCUT2D eigenvalue weighted by Crippen LogP contribution is -2.34. The Morgan fingerprint density at radius 1 is 1.24 bits per heavy atom. The lowest BCUT2D eigenvalue weighted by molar-refractivity contribution is -0.122. The highest BCUT2D eigenvalue weighted by Crippen LogP contribution is 2.26. The Morgan fingerprint density at radius 3 is 2.76 bits per heavy atom. The maximum absolute atomic E-state index is 12.4. The Labute approximate surface area is 154 Å². The number of carbonyl (C=O) groups excluding carboxylic acids is 1. The van der Waals surface area contributed by atoms with Gasteiger partial charge in [0.05, 0.1) is 23.3 Å². The van der Waals surface area contributed by atoms with Crippen LogP contribution in [0, 0.1) is 0 Å². The monoisotopic (exact) mass is 375 g/mol. The number of hydrogen-bond donors (Lipinski definition) is 1. The van der Waals surface area contributed by atoms with Crippen LogP contribution in [0.15, 0.2) is 53.6 Å². The van der Waals surface area contributed by atoms with Crippen LogP contribution in [0.4, 0.5) is 0 Å². The number of aromatic nitrogens is 2. The quantitative estimate of drug-likeness (QED) is 0.757. The summed E-state index contributed by atoms with van der Waals surface area (Å²) in [6, 6.07) is 11.8. The van der Waals surface area contributed by atoms with E-state index in [2.05, 4.69) is 10.3 Å². The molecular weight excluding hydrogens is 361 g/mol. The van der Waals surface area contributed by atoms with Gasteiger partial charge in [0.25, 0.3) is 5.56 Å². The second-order valence-electron chi connectivity index (χ2n) is 5.65. The van der Waals surface area contributed by atoms with Crippen LogP contribution in [0.25, 0.3) is 10.9 Å². The van der Waals surface area contributed by atoms with Gasteiger partial charge in [0.2, 0.25) is 5.91 Å². The predicted octanol–water partition coefficient (Wildman–Crippen LogP) is 3.58. The molecule has 128 valence electrons. The molecule has 0 aliphatic carbocycles. The third-order valence-corrected chi connectivity index (χ3v) is 4.41. The van der Waals surface area contributed by atoms with Crippen LogP contribution in [0.2, 0.25) is 10.0 Å². The number of para-hydroxylation sites is 1. The van der Waals surface area contributed by atoms with Crippen molar-refractivity contribution in [3.05, 3.63) is 74.8 Å². The fourth-order valence-corrected chi connectivity index (χ4v) is 3.16. The van der Waals surface area contributed by atoms with Gasteiger partial charge in [-0.15, -0.1) is 0 Å². The first-order valence-electron chi connectivity index (χ1n) is 7.64. The van der Waals surface area contributed by atoms with Crippen molar-refractivity contribution in [2.45, 2.75) is 19.5 Å². The molecular formula is C18H15Cl2N3O2. The molecule has 0 fully saturated rings. The molecule has 1 N–H and O–H groups in total. The zero-order chi connectivity index (χ0) is 18.0. The van der Waals surface area contributed by atoms with Crippen LogP contribution >= 0.6 is 23.2 Å². The molecule has 0 spiro atoms. The highest BCUT2D eigenvalue weighted by Gasteiger charge is 2.14. The average molecular weight is 376 g/mol. The molecule has 0 aliphatic heterocycles. The minimum Gasteiger partial charge on any atom is -0.348 e. The molecule has 1 amide bonds. The van der Waals surface area contributed by atoms with Gasteiger partial charge in [0, 0.05) is 10.0 Å². The molecule has 0 saturated heterocycles. The fraction of sp³-hybridized carbons (Fsp3) is 0.167. The second kappa shape index (κ2) is 7.25. The molecule has 0 radical (unpaired) electrons. The van der Waals surface area contributed by atoms with E-state index in [0.29, 0.717) is 20.9 Å². The minimum absolute atomic E-state index is 0.119. The van der Waals surface area contributed by atoms with Gasteiger partial charge in [0.15, 0.2) is 0 Å². The Morgan fingerprint density at radius 2 is 2.00 bits per heavy atom. The molecule has 3 aromatic rings. The molecule has 25 heavy (non-hydrogen) atoms. The summed E-state index contributed by atoms with van der Waals surface area (Å²) in [7, 11) is 0. The maximum Gasteiger partial charge on any atom is 0.261 e. The van der Waals surface area contributed by atoms with Crippen molar-refractivity contribution >= 4 is 40.0 Å². The predicted molar refractivity (Wildman–Crippen MR) is 99.0 cm³/mol. The van der Waals surface area contributed by atoms with Gasteiger partial charge in [0.1, 0.15) is 6.54 Å². The van der Waals surface area contributed by atoms with E-state index in [-0.39, 0.29) is 24.1 Å². The lowest BCUT2D eigenvalue weighted by atomic mass is 10.1. The largest absolute Gasteiger partial charge is 0.348 e. The number of rotatable bonds is 4. The molecule has 7 heteroatoms. The number of hydrogen-bond acceptors (Lipinski definition) is 3. The average Bonchev–Trinajstić information content (AvgIpc) is 2.57. The summed E-state index contributed by atoms with van der Waals surface area (Å²) < 4.78 is 1.29. The molecule has 1 aromatic heterocycles. The topological polar surface area (TPSA) is 64.0 Å². The van der Waals surface area contributed by atoms with Crippen molar-refractivity contribution < 1.29 is 4.79 Å². The zero-order valence-electron chi connectivity index (χ0n) is 13.4. The van der Waals surface area contributed by atoms with E-state index in [0.717, 1.165) is 5.56 Å². The number of fused-ring (bicyclic) bond motifs is 1. The minimum atomic E-state index is -0.318. The first kappa shape index (κ1) is 17.5. The smallest absolute Gasteiger partial charge is 0.261 e. The van der Waals surface area contributed by atoms with E-state index in [1.165, 1.54) is 10.9 Å². The molecule has 0 bridgehead atoms. The van der Waals surface area contributed by atoms with Crippen LogP contribution in [-0.2, 0) is 11.3 Å². The second-order valence-corrected chi connectivity index (χ2v) is 6.49. The number of carbonyl (C=O) groups is 1. The normalized spacial score (nSPS) is 12.1. The van der Waals surface area contributed by atoms with Gasteiger partial charge in [-0.05, 0) is 36.8 Å². The molecule has 5 nitrogen and oxygen atoms in total. The highest BCUT2D eigenvalue weighted by molar-refractivity contribution is 6.35. The molecule has 3 rings (SSSR count). The Bertz CT molecular complexity index is 1000. The number of benzene rings is 2. The number of amides is 1. The number of nitrogens with one attached hydrogen (secondary N) is 1. The molecule has 1 atom stereocenters. The standard InChI is InChI=1S/C18H15Cl2N3O2/c1-11(13-7-6-12(19)8-15(13)20)22-17(24)9-23-10-21-16-5-3-2-4-14(16)18(23)25/h2-8,10-11H,9H2,1H3,(H,22,24)/t11-/m1/s1. The molecule has 0 aliphatic rings. The van der Waals surface area contributed by atoms with Gasteiger partial charge >= 0.3 is 0 Å². The van der Waals surface area contributed by atoms with E-state index >= 15 is 0 Å². The van der Waals surface area contributed by atoms with Gasteiger partial charge < -0.3 is 5.32 Å². The Balaban J connectivity index is 1.76. The molecule has 1 heterocycles. The summed E-state index contributed by atoms with van der Waals surface area (Å²) in [4.78, 5) is 28.9. The number of halogens is 2. The van der Waals surface area contributed by atoms with Gasteiger partial charge in [-0.25, -0.2) is 4.98 Å². The highest BCUT2D eigenvalue weighted by atomic mass is 35.5. The zero-order valence-corrected chi connectivity index (χ0v) is 14.9. The van der Waals surface area contributed by atoms with Crippen molar-refractivity contribution in [1.29, 1.82) is 0 Å². The summed E-state index contributed by atoms with van der Waals surface area (Å²) in [6.07, 6.45) is 1.38. The maximum atomic E-state index is 12.4. The van der Waals surface area contributed by atoms with E-state index in [4.69, 9.17) is 23.2 Å². The fourth-order valence-electron chi connectivity index (χ4n) is 2.59. The Kier molecular flexibility index (Phi) is 5.06. The first-order valence-corrected chi connectivity index (χ1v) is 8.40. The van der Waals surface area contributed by atoms with Gasteiger partial charge in [-0.2, -0.15) is 0 Å². The van der Waals surface area contributed by atoms with Crippen molar-refractivity contribution in [3.8, 4) is 0 Å². The van der Waals surface area contributed by atoms with Crippen molar-refractivity contribution in [1.82, 2.24) is 14.9 Å². The third kappa shape index (κ3) is 3.83. The summed E-state index contributed by atoms with van der Waals surface area (Å²) in [6.45, 7) is 1.70. The lowest BCUT2D eigenvalue weighted by Gasteiger charge is -2.16. The van der Waals surface area contributed by atoms with Crippen LogP contribution in [0.3, 0.4) is 0 Å². The molecule has 2 aromatic carbocycles.